The van der Waals surface area contributed by atoms with Crippen molar-refractivity contribution < 1.29 is 4.79 Å². The number of anilines is 1. The van der Waals surface area contributed by atoms with Gasteiger partial charge in [0, 0.05) is 6.20 Å². The van der Waals surface area contributed by atoms with E-state index >= 15 is 0 Å². The van der Waals surface area contributed by atoms with Crippen molar-refractivity contribution in [3.8, 4) is 0 Å². The molecule has 0 spiro atoms. The van der Waals surface area contributed by atoms with E-state index in [4.69, 9.17) is 0 Å². The molecule has 0 atom stereocenters. The minimum absolute atomic E-state index is 0.126. The van der Waals surface area contributed by atoms with E-state index < -0.39 is 0 Å². The highest BCUT2D eigenvalue weighted by molar-refractivity contribution is 5.99. The summed E-state index contributed by atoms with van der Waals surface area (Å²) in [6.45, 7) is 0.433. The minimum Gasteiger partial charge on any atom is -0.352 e. The van der Waals surface area contributed by atoms with E-state index in [-0.39, 0.29) is 5.91 Å². The molecule has 5 nitrogen and oxygen atoms in total. The molecule has 2 rings (SSSR count). The van der Waals surface area contributed by atoms with Crippen LogP contribution < -0.4 is 10.6 Å². The molecule has 1 aromatic rings. The third-order valence-electron chi connectivity index (χ3n) is 1.46. The molecule has 0 fully saturated rings. The zero-order chi connectivity index (χ0) is 7.68. The van der Waals surface area contributed by atoms with Crippen LogP contribution in [0.15, 0.2) is 12.5 Å². The van der Waals surface area contributed by atoms with Crippen LogP contribution in [0.25, 0.3) is 0 Å². The fourth-order valence-electron chi connectivity index (χ4n) is 0.940. The van der Waals surface area contributed by atoms with E-state index in [1.54, 1.807) is 0 Å². The van der Waals surface area contributed by atoms with E-state index in [9.17, 15) is 4.79 Å². The van der Waals surface area contributed by atoms with Crippen LogP contribution in [-0.2, 0) is 0 Å². The largest absolute Gasteiger partial charge is 0.352 e. The quantitative estimate of drug-likeness (QED) is 0.527. The van der Waals surface area contributed by atoms with Gasteiger partial charge in [-0.3, -0.25) is 4.79 Å². The van der Waals surface area contributed by atoms with Gasteiger partial charge in [0.1, 0.15) is 17.7 Å². The van der Waals surface area contributed by atoms with E-state index in [0.29, 0.717) is 18.1 Å². The fourth-order valence-corrected chi connectivity index (χ4v) is 0.940. The van der Waals surface area contributed by atoms with E-state index in [2.05, 4.69) is 20.6 Å². The molecule has 11 heavy (non-hydrogen) atoms. The molecule has 2 heterocycles. The zero-order valence-corrected chi connectivity index (χ0v) is 5.66. The van der Waals surface area contributed by atoms with Gasteiger partial charge in [0.2, 0.25) is 0 Å². The van der Waals surface area contributed by atoms with Crippen LogP contribution in [0.3, 0.4) is 0 Å². The van der Waals surface area contributed by atoms with Gasteiger partial charge in [-0.1, -0.05) is 0 Å². The predicted octanol–water partition coefficient (Wildman–Crippen LogP) is -0.411. The summed E-state index contributed by atoms with van der Waals surface area (Å²) in [4.78, 5) is 18.7. The molecule has 0 bridgehead atoms. The highest BCUT2D eigenvalue weighted by atomic mass is 16.1. The monoisotopic (exact) mass is 150 g/mol. The summed E-state index contributed by atoms with van der Waals surface area (Å²) in [6.07, 6.45) is 2.90. The molecule has 1 aliphatic rings. The van der Waals surface area contributed by atoms with Gasteiger partial charge in [-0.05, 0) is 0 Å². The van der Waals surface area contributed by atoms with Gasteiger partial charge in [-0.25, -0.2) is 9.97 Å². The van der Waals surface area contributed by atoms with Gasteiger partial charge in [0.05, 0.1) is 6.67 Å². The van der Waals surface area contributed by atoms with Crippen LogP contribution >= 0.6 is 0 Å². The van der Waals surface area contributed by atoms with Gasteiger partial charge in [-0.2, -0.15) is 0 Å². The Labute approximate surface area is 62.9 Å². The Hall–Kier alpha value is -1.65. The first-order valence-electron chi connectivity index (χ1n) is 3.20. The van der Waals surface area contributed by atoms with Crippen LogP contribution in [0.2, 0.25) is 0 Å². The number of nitrogens with zero attached hydrogens (tertiary/aromatic N) is 2. The van der Waals surface area contributed by atoms with Crippen LogP contribution in [0.5, 0.6) is 0 Å². The van der Waals surface area contributed by atoms with Crippen LogP contribution in [0.1, 0.15) is 10.4 Å². The molecule has 0 aliphatic carbocycles. The number of carbonyl (C=O) groups is 1. The first-order chi connectivity index (χ1) is 5.38. The minimum atomic E-state index is -0.126. The Morgan fingerprint density at radius 3 is 3.18 bits per heavy atom. The molecular weight excluding hydrogens is 144 g/mol. The first kappa shape index (κ1) is 6.09. The van der Waals surface area contributed by atoms with Crippen LogP contribution in [0.4, 0.5) is 5.82 Å². The number of carbonyl (C=O) groups excluding carboxylic acids is 1. The summed E-state index contributed by atoms with van der Waals surface area (Å²) >= 11 is 0. The molecule has 5 heteroatoms. The van der Waals surface area contributed by atoms with Crippen molar-refractivity contribution in [1.82, 2.24) is 15.3 Å². The molecule has 1 aromatic heterocycles. The maximum absolute atomic E-state index is 11.1. The fraction of sp³-hybridized carbons (Fsp3) is 0.167. The Kier molecular flexibility index (Phi) is 1.21. The Morgan fingerprint density at radius 2 is 2.36 bits per heavy atom. The molecule has 0 radical (unpaired) electrons. The Bertz CT molecular complexity index is 298. The third kappa shape index (κ3) is 0.899. The van der Waals surface area contributed by atoms with Gasteiger partial charge >= 0.3 is 0 Å². The number of fused-ring (bicyclic) bond motifs is 1. The van der Waals surface area contributed by atoms with Crippen molar-refractivity contribution in [3.63, 3.8) is 0 Å². The summed E-state index contributed by atoms with van der Waals surface area (Å²) in [7, 11) is 0. The molecule has 0 aromatic carbocycles. The lowest BCUT2D eigenvalue weighted by molar-refractivity contribution is 0.0952. The predicted molar refractivity (Wildman–Crippen MR) is 38.0 cm³/mol. The van der Waals surface area contributed by atoms with Crippen molar-refractivity contribution in [1.29, 1.82) is 0 Å². The lowest BCUT2D eigenvalue weighted by atomic mass is 10.2. The second kappa shape index (κ2) is 2.19. The molecule has 0 saturated heterocycles. The maximum Gasteiger partial charge on any atom is 0.257 e. The van der Waals surface area contributed by atoms with Gasteiger partial charge in [0.25, 0.3) is 5.91 Å². The Balaban J connectivity index is 2.52. The van der Waals surface area contributed by atoms with Crippen molar-refractivity contribution >= 4 is 11.7 Å². The SMILES string of the molecule is O=C1NCNc2ncncc21. The second-order valence-electron chi connectivity index (χ2n) is 2.14. The average molecular weight is 150 g/mol. The second-order valence-corrected chi connectivity index (χ2v) is 2.14. The number of hydrogen-bond donors (Lipinski definition) is 2. The molecule has 0 unspecified atom stereocenters. The molecule has 1 amide bonds. The van der Waals surface area contributed by atoms with E-state index in [1.165, 1.54) is 12.5 Å². The lowest BCUT2D eigenvalue weighted by Gasteiger charge is -2.15. The van der Waals surface area contributed by atoms with Crippen molar-refractivity contribution in [2.45, 2.75) is 0 Å². The summed E-state index contributed by atoms with van der Waals surface area (Å²) < 4.78 is 0. The van der Waals surface area contributed by atoms with E-state index in [0.717, 1.165) is 0 Å². The maximum atomic E-state index is 11.1. The number of nitrogens with one attached hydrogen (secondary N) is 2. The van der Waals surface area contributed by atoms with Crippen LogP contribution in [0, 0.1) is 0 Å². The smallest absolute Gasteiger partial charge is 0.257 e. The standard InChI is InChI=1S/C6H6N4O/c11-6-4-1-7-2-8-5(4)9-3-10-6/h1-2H,3H2,(H,10,11)(H,7,8,9). The van der Waals surface area contributed by atoms with Crippen molar-refractivity contribution in [2.24, 2.45) is 0 Å². The molecule has 0 saturated carbocycles. The first-order valence-corrected chi connectivity index (χ1v) is 3.20. The summed E-state index contributed by atoms with van der Waals surface area (Å²) in [5, 5.41) is 5.52. The summed E-state index contributed by atoms with van der Waals surface area (Å²) in [5.74, 6) is 0.475. The number of rotatable bonds is 0. The van der Waals surface area contributed by atoms with Crippen molar-refractivity contribution in [2.75, 3.05) is 12.0 Å². The summed E-state index contributed by atoms with van der Waals surface area (Å²) in [5.41, 5.74) is 0.499. The van der Waals surface area contributed by atoms with Gasteiger partial charge in [0.15, 0.2) is 0 Å². The van der Waals surface area contributed by atoms with Gasteiger partial charge < -0.3 is 10.6 Å². The molecule has 56 valence electrons. The van der Waals surface area contributed by atoms with Crippen molar-refractivity contribution in [3.05, 3.63) is 18.1 Å². The number of hydrogen-bond acceptors (Lipinski definition) is 4. The number of amides is 1. The normalized spacial score (nSPS) is 14.7. The molecular formula is C6H6N4O. The van der Waals surface area contributed by atoms with Gasteiger partial charge in [-0.15, -0.1) is 0 Å². The zero-order valence-electron chi connectivity index (χ0n) is 5.66. The van der Waals surface area contributed by atoms with Crippen LogP contribution in [-0.4, -0.2) is 22.5 Å². The average Bonchev–Trinajstić information content (AvgIpc) is 2.06. The Morgan fingerprint density at radius 1 is 1.45 bits per heavy atom. The molecule has 2 N–H and O–H groups in total. The highest BCUT2D eigenvalue weighted by Gasteiger charge is 2.15. The third-order valence-corrected chi connectivity index (χ3v) is 1.46. The highest BCUT2D eigenvalue weighted by Crippen LogP contribution is 2.11. The summed E-state index contributed by atoms with van der Waals surface area (Å²) in [6, 6.07) is 0. The molecule has 1 aliphatic heterocycles. The topological polar surface area (TPSA) is 66.9 Å². The number of aromatic nitrogens is 2. The lowest BCUT2D eigenvalue weighted by Crippen LogP contribution is -2.35. The van der Waals surface area contributed by atoms with E-state index in [1.807, 2.05) is 0 Å².